The molecular weight excluding hydrogens is 268 g/mol. The molecule has 1 saturated heterocycles. The van der Waals surface area contributed by atoms with E-state index in [0.29, 0.717) is 13.1 Å². The molecule has 1 atom stereocenters. The van der Waals surface area contributed by atoms with E-state index in [4.69, 9.17) is 4.74 Å². The van der Waals surface area contributed by atoms with Crippen LogP contribution in [0.15, 0.2) is 30.3 Å². The van der Waals surface area contributed by atoms with Crippen LogP contribution in [-0.4, -0.2) is 35.6 Å². The molecule has 1 aliphatic rings. The Bertz CT molecular complexity index is 508. The SMILES string of the molecule is CC(C)(C)OC(=O)N1CCNC(=O)C[C@@H]1c1ccccc1. The van der Waals surface area contributed by atoms with Gasteiger partial charge in [-0.2, -0.15) is 0 Å². The third-order valence-corrected chi connectivity index (χ3v) is 3.24. The highest BCUT2D eigenvalue weighted by molar-refractivity contribution is 5.79. The molecule has 1 N–H and O–H groups in total. The summed E-state index contributed by atoms with van der Waals surface area (Å²) in [4.78, 5) is 25.9. The van der Waals surface area contributed by atoms with Crippen LogP contribution in [0.25, 0.3) is 0 Å². The first kappa shape index (κ1) is 15.4. The molecule has 1 aromatic carbocycles. The number of carbonyl (C=O) groups excluding carboxylic acids is 2. The van der Waals surface area contributed by atoms with Gasteiger partial charge in [0.15, 0.2) is 0 Å². The molecule has 5 nitrogen and oxygen atoms in total. The number of nitrogens with zero attached hydrogens (tertiary/aromatic N) is 1. The Morgan fingerprint density at radius 1 is 1.29 bits per heavy atom. The lowest BCUT2D eigenvalue weighted by atomic mass is 10.0. The van der Waals surface area contributed by atoms with Crippen LogP contribution in [0.5, 0.6) is 0 Å². The third kappa shape index (κ3) is 4.21. The summed E-state index contributed by atoms with van der Waals surface area (Å²) < 4.78 is 5.47. The van der Waals surface area contributed by atoms with Gasteiger partial charge in [-0.15, -0.1) is 0 Å². The highest BCUT2D eigenvalue weighted by atomic mass is 16.6. The van der Waals surface area contributed by atoms with Gasteiger partial charge in [-0.3, -0.25) is 9.69 Å². The molecule has 0 saturated carbocycles. The van der Waals surface area contributed by atoms with Gasteiger partial charge in [0, 0.05) is 13.1 Å². The third-order valence-electron chi connectivity index (χ3n) is 3.24. The Hall–Kier alpha value is -2.04. The van der Waals surface area contributed by atoms with Crippen molar-refractivity contribution in [2.45, 2.75) is 38.8 Å². The topological polar surface area (TPSA) is 58.6 Å². The maximum absolute atomic E-state index is 12.4. The van der Waals surface area contributed by atoms with E-state index in [2.05, 4.69) is 5.32 Å². The van der Waals surface area contributed by atoms with Crippen molar-refractivity contribution in [2.24, 2.45) is 0 Å². The van der Waals surface area contributed by atoms with Crippen LogP contribution in [-0.2, 0) is 9.53 Å². The van der Waals surface area contributed by atoms with E-state index in [1.807, 2.05) is 51.1 Å². The second kappa shape index (κ2) is 6.16. The Morgan fingerprint density at radius 3 is 2.57 bits per heavy atom. The minimum absolute atomic E-state index is 0.0464. The average Bonchev–Trinajstić information content (AvgIpc) is 2.59. The van der Waals surface area contributed by atoms with Gasteiger partial charge in [0.25, 0.3) is 0 Å². The van der Waals surface area contributed by atoms with Crippen molar-refractivity contribution in [3.8, 4) is 0 Å². The number of amides is 2. The van der Waals surface area contributed by atoms with Crippen LogP contribution in [0.4, 0.5) is 4.79 Å². The number of nitrogens with one attached hydrogen (secondary N) is 1. The highest BCUT2D eigenvalue weighted by Gasteiger charge is 2.32. The zero-order valence-electron chi connectivity index (χ0n) is 12.8. The van der Waals surface area contributed by atoms with E-state index in [1.165, 1.54) is 0 Å². The largest absolute Gasteiger partial charge is 0.444 e. The molecule has 0 unspecified atom stereocenters. The predicted octanol–water partition coefficient (Wildman–Crippen LogP) is 2.48. The van der Waals surface area contributed by atoms with Gasteiger partial charge in [0.2, 0.25) is 5.91 Å². The van der Waals surface area contributed by atoms with Crippen LogP contribution in [0.2, 0.25) is 0 Å². The summed E-state index contributed by atoms with van der Waals surface area (Å²) >= 11 is 0. The molecule has 0 radical (unpaired) electrons. The van der Waals surface area contributed by atoms with Gasteiger partial charge in [-0.25, -0.2) is 4.79 Å². The number of hydrogen-bond donors (Lipinski definition) is 1. The van der Waals surface area contributed by atoms with E-state index >= 15 is 0 Å². The van der Waals surface area contributed by atoms with Crippen molar-refractivity contribution in [1.29, 1.82) is 0 Å². The number of ether oxygens (including phenoxy) is 1. The molecule has 5 heteroatoms. The molecule has 0 aliphatic carbocycles. The molecule has 0 bridgehead atoms. The molecule has 0 spiro atoms. The number of hydrogen-bond acceptors (Lipinski definition) is 3. The van der Waals surface area contributed by atoms with E-state index in [1.54, 1.807) is 4.90 Å². The van der Waals surface area contributed by atoms with Crippen molar-refractivity contribution in [3.63, 3.8) is 0 Å². The standard InChI is InChI=1S/C16H22N2O3/c1-16(2,3)21-15(20)18-10-9-17-14(19)11-13(18)12-7-5-4-6-8-12/h4-8,13H,9-11H2,1-3H3,(H,17,19)/t13-/m1/s1. The number of carbonyl (C=O) groups is 2. The quantitative estimate of drug-likeness (QED) is 0.864. The molecule has 1 aromatic rings. The lowest BCUT2D eigenvalue weighted by Crippen LogP contribution is -2.40. The van der Waals surface area contributed by atoms with Crippen LogP contribution in [0, 0.1) is 0 Å². The van der Waals surface area contributed by atoms with Crippen LogP contribution < -0.4 is 5.32 Å². The van der Waals surface area contributed by atoms with Gasteiger partial charge < -0.3 is 10.1 Å². The van der Waals surface area contributed by atoms with Crippen LogP contribution in [0.3, 0.4) is 0 Å². The summed E-state index contributed by atoms with van der Waals surface area (Å²) in [6.45, 7) is 6.40. The summed E-state index contributed by atoms with van der Waals surface area (Å²) in [6.07, 6.45) is -0.128. The fourth-order valence-electron chi connectivity index (χ4n) is 2.34. The second-order valence-electron chi connectivity index (χ2n) is 6.15. The molecule has 1 heterocycles. The Balaban J connectivity index is 2.26. The minimum Gasteiger partial charge on any atom is -0.444 e. The van der Waals surface area contributed by atoms with Gasteiger partial charge in [-0.05, 0) is 26.3 Å². The zero-order chi connectivity index (χ0) is 15.5. The monoisotopic (exact) mass is 290 g/mol. The van der Waals surface area contributed by atoms with E-state index < -0.39 is 5.60 Å². The summed E-state index contributed by atoms with van der Waals surface area (Å²) in [5, 5.41) is 2.80. The number of rotatable bonds is 1. The van der Waals surface area contributed by atoms with Gasteiger partial charge in [0.1, 0.15) is 5.60 Å². The summed E-state index contributed by atoms with van der Waals surface area (Å²) in [7, 11) is 0. The molecule has 2 rings (SSSR count). The minimum atomic E-state index is -0.554. The maximum Gasteiger partial charge on any atom is 0.410 e. The average molecular weight is 290 g/mol. The highest BCUT2D eigenvalue weighted by Crippen LogP contribution is 2.27. The lowest BCUT2D eigenvalue weighted by molar-refractivity contribution is -0.121. The zero-order valence-corrected chi connectivity index (χ0v) is 12.8. The van der Waals surface area contributed by atoms with Crippen molar-refractivity contribution in [3.05, 3.63) is 35.9 Å². The van der Waals surface area contributed by atoms with Gasteiger partial charge in [0.05, 0.1) is 12.5 Å². The molecule has 114 valence electrons. The molecular formula is C16H22N2O3. The van der Waals surface area contributed by atoms with E-state index in [9.17, 15) is 9.59 Å². The first-order valence-corrected chi connectivity index (χ1v) is 7.18. The normalized spacial score (nSPS) is 19.7. The van der Waals surface area contributed by atoms with Crippen molar-refractivity contribution < 1.29 is 14.3 Å². The molecule has 0 aromatic heterocycles. The van der Waals surface area contributed by atoms with E-state index in [-0.39, 0.29) is 24.5 Å². The van der Waals surface area contributed by atoms with Crippen molar-refractivity contribution in [2.75, 3.05) is 13.1 Å². The first-order valence-electron chi connectivity index (χ1n) is 7.18. The van der Waals surface area contributed by atoms with Crippen molar-refractivity contribution in [1.82, 2.24) is 10.2 Å². The maximum atomic E-state index is 12.4. The summed E-state index contributed by atoms with van der Waals surface area (Å²) in [5.41, 5.74) is 0.391. The van der Waals surface area contributed by atoms with Crippen molar-refractivity contribution >= 4 is 12.0 Å². The summed E-state index contributed by atoms with van der Waals surface area (Å²) in [6, 6.07) is 9.31. The summed E-state index contributed by atoms with van der Waals surface area (Å²) in [5.74, 6) is -0.0464. The molecule has 1 aliphatic heterocycles. The van der Waals surface area contributed by atoms with Gasteiger partial charge >= 0.3 is 6.09 Å². The van der Waals surface area contributed by atoms with Crippen LogP contribution >= 0.6 is 0 Å². The molecule has 2 amide bonds. The van der Waals surface area contributed by atoms with Crippen LogP contribution in [0.1, 0.15) is 38.8 Å². The number of benzene rings is 1. The Labute approximate surface area is 125 Å². The Kier molecular flexibility index (Phi) is 4.50. The predicted molar refractivity (Wildman–Crippen MR) is 79.7 cm³/mol. The second-order valence-corrected chi connectivity index (χ2v) is 6.15. The van der Waals surface area contributed by atoms with E-state index in [0.717, 1.165) is 5.56 Å². The molecule has 21 heavy (non-hydrogen) atoms. The van der Waals surface area contributed by atoms with Gasteiger partial charge in [-0.1, -0.05) is 30.3 Å². The smallest absolute Gasteiger partial charge is 0.410 e. The fraction of sp³-hybridized carbons (Fsp3) is 0.500. The lowest BCUT2D eigenvalue weighted by Gasteiger charge is -2.31. The first-order chi connectivity index (χ1) is 9.87. The fourth-order valence-corrected chi connectivity index (χ4v) is 2.34. The Morgan fingerprint density at radius 2 is 1.95 bits per heavy atom. The molecule has 1 fully saturated rings.